The van der Waals surface area contributed by atoms with Gasteiger partial charge in [-0.1, -0.05) is 15.9 Å². The monoisotopic (exact) mass is 412 g/mol. The van der Waals surface area contributed by atoms with Crippen molar-refractivity contribution >= 4 is 27.6 Å². The Morgan fingerprint density at radius 2 is 2.12 bits per heavy atom. The smallest absolute Gasteiger partial charge is 0.337 e. The van der Waals surface area contributed by atoms with Gasteiger partial charge in [0.2, 0.25) is 0 Å². The second-order valence-corrected chi connectivity index (χ2v) is 6.96. The van der Waals surface area contributed by atoms with Crippen LogP contribution in [0.4, 0.5) is 14.5 Å². The number of anilines is 1. The SMILES string of the molecule is O=C(O)c1c[nH]c(=O)c(F)c1CC(Nc1ccc(Br)cc1F)C1CC1. The van der Waals surface area contributed by atoms with E-state index >= 15 is 0 Å². The molecule has 8 heteroatoms. The van der Waals surface area contributed by atoms with Crippen molar-refractivity contribution in [1.29, 1.82) is 0 Å². The van der Waals surface area contributed by atoms with Gasteiger partial charge in [0.1, 0.15) is 5.82 Å². The molecule has 1 aliphatic carbocycles. The fraction of sp³-hybridized carbons (Fsp3) is 0.294. The first-order chi connectivity index (χ1) is 11.9. The molecule has 1 fully saturated rings. The molecule has 1 unspecified atom stereocenters. The third-order valence-electron chi connectivity index (χ3n) is 4.25. The first-order valence-corrected chi connectivity index (χ1v) is 8.51. The number of aromatic nitrogens is 1. The van der Waals surface area contributed by atoms with Crippen molar-refractivity contribution in [2.45, 2.75) is 25.3 Å². The van der Waals surface area contributed by atoms with E-state index in [1.165, 1.54) is 6.07 Å². The highest BCUT2D eigenvalue weighted by Gasteiger charge is 2.33. The van der Waals surface area contributed by atoms with Crippen LogP contribution in [0.3, 0.4) is 0 Å². The number of aromatic amines is 1. The average Bonchev–Trinajstić information content (AvgIpc) is 3.37. The minimum Gasteiger partial charge on any atom is -0.478 e. The van der Waals surface area contributed by atoms with Crippen LogP contribution in [0.2, 0.25) is 0 Å². The van der Waals surface area contributed by atoms with Crippen LogP contribution >= 0.6 is 15.9 Å². The molecular formula is C17H15BrF2N2O3. The lowest BCUT2D eigenvalue weighted by molar-refractivity contribution is 0.0694. The first-order valence-electron chi connectivity index (χ1n) is 7.71. The topological polar surface area (TPSA) is 82.2 Å². The van der Waals surface area contributed by atoms with Gasteiger partial charge in [-0.2, -0.15) is 0 Å². The largest absolute Gasteiger partial charge is 0.478 e. The number of nitrogens with one attached hydrogen (secondary N) is 2. The van der Waals surface area contributed by atoms with Gasteiger partial charge in [0.25, 0.3) is 5.56 Å². The Balaban J connectivity index is 1.92. The molecule has 1 atom stereocenters. The van der Waals surface area contributed by atoms with Gasteiger partial charge in [0.05, 0.1) is 11.3 Å². The van der Waals surface area contributed by atoms with Crippen molar-refractivity contribution < 1.29 is 18.7 Å². The van der Waals surface area contributed by atoms with Crippen LogP contribution in [0.15, 0.2) is 33.7 Å². The summed E-state index contributed by atoms with van der Waals surface area (Å²) < 4.78 is 28.9. The van der Waals surface area contributed by atoms with Gasteiger partial charge in [-0.05, 0) is 43.4 Å². The number of halogens is 3. The second kappa shape index (κ2) is 6.95. The van der Waals surface area contributed by atoms with Crippen LogP contribution < -0.4 is 10.9 Å². The molecule has 1 aromatic heterocycles. The minimum atomic E-state index is -1.32. The number of carboxylic acids is 1. The van der Waals surface area contributed by atoms with E-state index in [0.29, 0.717) is 4.47 Å². The number of carboxylic acid groups (broad SMARTS) is 1. The lowest BCUT2D eigenvalue weighted by Gasteiger charge is -2.21. The van der Waals surface area contributed by atoms with Gasteiger partial charge in [-0.3, -0.25) is 4.79 Å². The molecule has 132 valence electrons. The summed E-state index contributed by atoms with van der Waals surface area (Å²) in [5, 5.41) is 12.3. The Bertz CT molecular complexity index is 881. The molecular weight excluding hydrogens is 398 g/mol. The Hall–Kier alpha value is -2.22. The Kier molecular flexibility index (Phi) is 4.89. The van der Waals surface area contributed by atoms with Gasteiger partial charge >= 0.3 is 5.97 Å². The number of rotatable bonds is 6. The van der Waals surface area contributed by atoms with E-state index in [0.717, 1.165) is 19.0 Å². The number of aromatic carboxylic acids is 1. The van der Waals surface area contributed by atoms with E-state index in [1.54, 1.807) is 12.1 Å². The first kappa shape index (κ1) is 17.6. The van der Waals surface area contributed by atoms with Crippen molar-refractivity contribution in [3.8, 4) is 0 Å². The minimum absolute atomic E-state index is 0.0163. The lowest BCUT2D eigenvalue weighted by Crippen LogP contribution is -2.29. The van der Waals surface area contributed by atoms with Gasteiger partial charge in [-0.15, -0.1) is 0 Å². The molecule has 5 nitrogen and oxygen atoms in total. The van der Waals surface area contributed by atoms with Crippen molar-refractivity contribution in [2.24, 2.45) is 5.92 Å². The fourth-order valence-electron chi connectivity index (χ4n) is 2.79. The summed E-state index contributed by atoms with van der Waals surface area (Å²) in [4.78, 5) is 24.9. The van der Waals surface area contributed by atoms with Gasteiger partial charge in [0, 0.05) is 22.3 Å². The van der Waals surface area contributed by atoms with Crippen LogP contribution in [0.1, 0.15) is 28.8 Å². The maximum Gasteiger partial charge on any atom is 0.337 e. The molecule has 0 amide bonds. The summed E-state index contributed by atoms with van der Waals surface area (Å²) in [6.07, 6.45) is 2.73. The number of H-pyrrole nitrogens is 1. The molecule has 0 aliphatic heterocycles. The average molecular weight is 413 g/mol. The van der Waals surface area contributed by atoms with Crippen LogP contribution in [-0.4, -0.2) is 22.1 Å². The molecule has 25 heavy (non-hydrogen) atoms. The Labute approximate surface area is 150 Å². The summed E-state index contributed by atoms with van der Waals surface area (Å²) in [5.74, 6) is -2.73. The zero-order valence-corrected chi connectivity index (χ0v) is 14.6. The van der Waals surface area contributed by atoms with E-state index in [9.17, 15) is 23.5 Å². The zero-order chi connectivity index (χ0) is 18.1. The maximum absolute atomic E-state index is 14.2. The maximum atomic E-state index is 14.2. The van der Waals surface area contributed by atoms with E-state index in [-0.39, 0.29) is 35.2 Å². The van der Waals surface area contributed by atoms with Crippen LogP contribution in [-0.2, 0) is 6.42 Å². The Morgan fingerprint density at radius 3 is 2.72 bits per heavy atom. The molecule has 0 saturated heterocycles. The number of pyridine rings is 1. The summed E-state index contributed by atoms with van der Waals surface area (Å²) in [6, 6.07) is 4.17. The lowest BCUT2D eigenvalue weighted by atomic mass is 9.98. The molecule has 0 spiro atoms. The molecule has 0 radical (unpaired) electrons. The summed E-state index contributed by atoms with van der Waals surface area (Å²) in [6.45, 7) is 0. The Morgan fingerprint density at radius 1 is 1.40 bits per heavy atom. The number of hydrogen-bond acceptors (Lipinski definition) is 3. The summed E-state index contributed by atoms with van der Waals surface area (Å²) in [7, 11) is 0. The molecule has 1 aromatic carbocycles. The number of carbonyl (C=O) groups is 1. The molecule has 1 saturated carbocycles. The molecule has 3 N–H and O–H groups in total. The molecule has 3 rings (SSSR count). The van der Waals surface area contributed by atoms with Gasteiger partial charge in [-0.25, -0.2) is 13.6 Å². The predicted molar refractivity (Wildman–Crippen MR) is 91.9 cm³/mol. The third kappa shape index (κ3) is 3.89. The molecule has 1 heterocycles. The molecule has 0 bridgehead atoms. The van der Waals surface area contributed by atoms with Gasteiger partial charge < -0.3 is 15.4 Å². The van der Waals surface area contributed by atoms with Crippen LogP contribution in [0, 0.1) is 17.6 Å². The number of hydrogen-bond donors (Lipinski definition) is 3. The zero-order valence-electron chi connectivity index (χ0n) is 13.0. The van der Waals surface area contributed by atoms with E-state index in [1.807, 2.05) is 0 Å². The normalized spacial score (nSPS) is 15.0. The summed E-state index contributed by atoms with van der Waals surface area (Å²) >= 11 is 3.18. The third-order valence-corrected chi connectivity index (χ3v) is 4.75. The van der Waals surface area contributed by atoms with Crippen molar-refractivity contribution in [3.05, 3.63) is 62.0 Å². The standard InChI is InChI=1S/C17H15BrF2N2O3/c18-9-3-4-13(12(19)5-9)22-14(8-1-2-8)6-10-11(17(24)25)7-21-16(23)15(10)20/h3-5,7-8,14,22H,1-2,6H2,(H,21,23)(H,24,25). The van der Waals surface area contributed by atoms with Crippen molar-refractivity contribution in [1.82, 2.24) is 4.98 Å². The highest BCUT2D eigenvalue weighted by molar-refractivity contribution is 9.10. The van der Waals surface area contributed by atoms with E-state index in [4.69, 9.17) is 0 Å². The van der Waals surface area contributed by atoms with E-state index in [2.05, 4.69) is 26.2 Å². The van der Waals surface area contributed by atoms with Crippen molar-refractivity contribution in [3.63, 3.8) is 0 Å². The fourth-order valence-corrected chi connectivity index (χ4v) is 3.13. The van der Waals surface area contributed by atoms with Crippen molar-refractivity contribution in [2.75, 3.05) is 5.32 Å². The quantitative estimate of drug-likeness (QED) is 0.677. The highest BCUT2D eigenvalue weighted by atomic mass is 79.9. The second-order valence-electron chi connectivity index (χ2n) is 6.05. The molecule has 2 aromatic rings. The van der Waals surface area contributed by atoms with Crippen LogP contribution in [0.25, 0.3) is 0 Å². The van der Waals surface area contributed by atoms with E-state index < -0.39 is 23.2 Å². The van der Waals surface area contributed by atoms with Gasteiger partial charge in [0.15, 0.2) is 5.82 Å². The highest BCUT2D eigenvalue weighted by Crippen LogP contribution is 2.37. The summed E-state index contributed by atoms with van der Waals surface area (Å²) in [5.41, 5.74) is -1.18. The predicted octanol–water partition coefficient (Wildman–Crippen LogP) is 3.55. The number of benzene rings is 1. The van der Waals surface area contributed by atoms with Crippen LogP contribution in [0.5, 0.6) is 0 Å². The molecule has 1 aliphatic rings.